The Morgan fingerprint density at radius 1 is 1.00 bits per heavy atom. The van der Waals surface area contributed by atoms with E-state index in [0.717, 1.165) is 26.1 Å². The Kier molecular flexibility index (Phi) is 6.50. The molecule has 1 saturated heterocycles. The molecule has 2 heterocycles. The molecule has 5 heteroatoms. The van der Waals surface area contributed by atoms with Crippen molar-refractivity contribution in [1.82, 2.24) is 10.2 Å². The molecule has 5 nitrogen and oxygen atoms in total. The SMILES string of the molecule is O=C(NCCC1CCN(Cc2ccccc2)CC1)c1ccc(-c2ccccc2O)o1. The summed E-state index contributed by atoms with van der Waals surface area (Å²) in [4.78, 5) is 14.9. The number of rotatable bonds is 7. The standard InChI is InChI=1S/C25H28N2O3/c28-22-9-5-4-8-21(22)23-10-11-24(30-23)25(29)26-15-12-19-13-16-27(17-14-19)18-20-6-2-1-3-7-20/h1-11,19,28H,12-18H2,(H,26,29). The summed E-state index contributed by atoms with van der Waals surface area (Å²) in [6.45, 7) is 3.88. The van der Waals surface area contributed by atoms with Gasteiger partial charge in [0, 0.05) is 13.1 Å². The molecule has 30 heavy (non-hydrogen) atoms. The van der Waals surface area contributed by atoms with Crippen LogP contribution in [0.25, 0.3) is 11.3 Å². The van der Waals surface area contributed by atoms with Gasteiger partial charge in [-0.2, -0.15) is 0 Å². The third-order valence-electron chi connectivity index (χ3n) is 5.79. The minimum Gasteiger partial charge on any atom is -0.507 e. The summed E-state index contributed by atoms with van der Waals surface area (Å²) in [5, 5.41) is 12.9. The second kappa shape index (κ2) is 9.63. The van der Waals surface area contributed by atoms with Crippen molar-refractivity contribution in [1.29, 1.82) is 0 Å². The lowest BCUT2D eigenvalue weighted by Gasteiger charge is -2.32. The molecule has 0 bridgehead atoms. The monoisotopic (exact) mass is 404 g/mol. The summed E-state index contributed by atoms with van der Waals surface area (Å²) in [6.07, 6.45) is 3.32. The average molecular weight is 405 g/mol. The van der Waals surface area contributed by atoms with Crippen molar-refractivity contribution < 1.29 is 14.3 Å². The van der Waals surface area contributed by atoms with Gasteiger partial charge < -0.3 is 14.8 Å². The normalized spacial score (nSPS) is 15.2. The van der Waals surface area contributed by atoms with Gasteiger partial charge in [0.15, 0.2) is 5.76 Å². The van der Waals surface area contributed by atoms with Gasteiger partial charge in [0.25, 0.3) is 5.91 Å². The molecule has 2 aromatic carbocycles. The lowest BCUT2D eigenvalue weighted by molar-refractivity contribution is 0.0921. The molecule has 4 rings (SSSR count). The zero-order chi connectivity index (χ0) is 20.8. The quantitative estimate of drug-likeness (QED) is 0.600. The van der Waals surface area contributed by atoms with Gasteiger partial charge in [0.1, 0.15) is 11.5 Å². The van der Waals surface area contributed by atoms with Crippen molar-refractivity contribution in [3.8, 4) is 17.1 Å². The molecule has 0 atom stereocenters. The van der Waals surface area contributed by atoms with Crippen LogP contribution in [0.1, 0.15) is 35.4 Å². The molecule has 3 aromatic rings. The van der Waals surface area contributed by atoms with Gasteiger partial charge in [-0.25, -0.2) is 0 Å². The minimum absolute atomic E-state index is 0.136. The summed E-state index contributed by atoms with van der Waals surface area (Å²) in [5.74, 6) is 1.33. The maximum atomic E-state index is 12.4. The number of benzene rings is 2. The fourth-order valence-corrected chi connectivity index (χ4v) is 4.04. The lowest BCUT2D eigenvalue weighted by atomic mass is 9.93. The Labute approximate surface area is 177 Å². The van der Waals surface area contributed by atoms with Gasteiger partial charge >= 0.3 is 0 Å². The number of furan rings is 1. The number of hydrogen-bond donors (Lipinski definition) is 2. The van der Waals surface area contributed by atoms with Crippen molar-refractivity contribution >= 4 is 5.91 Å². The Bertz CT molecular complexity index is 959. The minimum atomic E-state index is -0.210. The molecule has 2 N–H and O–H groups in total. The van der Waals surface area contributed by atoms with E-state index in [2.05, 4.69) is 40.5 Å². The topological polar surface area (TPSA) is 65.7 Å². The number of hydrogen-bond acceptors (Lipinski definition) is 4. The van der Waals surface area contributed by atoms with Crippen molar-refractivity contribution in [2.24, 2.45) is 5.92 Å². The molecule has 1 aliphatic heterocycles. The Balaban J connectivity index is 1.20. The van der Waals surface area contributed by atoms with Gasteiger partial charge in [-0.1, -0.05) is 42.5 Å². The third kappa shape index (κ3) is 5.10. The molecular formula is C25H28N2O3. The number of phenolic OH excluding ortho intramolecular Hbond substituents is 1. The van der Waals surface area contributed by atoms with Crippen LogP contribution in [0.5, 0.6) is 5.75 Å². The molecule has 1 amide bonds. The fraction of sp³-hybridized carbons (Fsp3) is 0.320. The van der Waals surface area contributed by atoms with Gasteiger partial charge in [-0.15, -0.1) is 0 Å². The summed E-state index contributed by atoms with van der Waals surface area (Å²) in [7, 11) is 0. The highest BCUT2D eigenvalue weighted by molar-refractivity contribution is 5.92. The van der Waals surface area contributed by atoms with Crippen LogP contribution in [0.2, 0.25) is 0 Å². The summed E-state index contributed by atoms with van der Waals surface area (Å²) in [6, 6.07) is 20.9. The number of carbonyl (C=O) groups is 1. The van der Waals surface area contributed by atoms with E-state index in [0.29, 0.717) is 23.8 Å². The lowest BCUT2D eigenvalue weighted by Crippen LogP contribution is -2.34. The molecule has 0 radical (unpaired) electrons. The fourth-order valence-electron chi connectivity index (χ4n) is 4.04. The zero-order valence-electron chi connectivity index (χ0n) is 17.1. The number of phenols is 1. The van der Waals surface area contributed by atoms with Crippen molar-refractivity contribution in [3.63, 3.8) is 0 Å². The van der Waals surface area contributed by atoms with Gasteiger partial charge in [0.2, 0.25) is 0 Å². The predicted molar refractivity (Wildman–Crippen MR) is 117 cm³/mol. The molecule has 1 aliphatic rings. The Morgan fingerprint density at radius 3 is 2.50 bits per heavy atom. The summed E-state index contributed by atoms with van der Waals surface area (Å²) in [5.41, 5.74) is 1.95. The Morgan fingerprint density at radius 2 is 1.73 bits per heavy atom. The van der Waals surface area contributed by atoms with Crippen LogP contribution in [0.4, 0.5) is 0 Å². The number of nitrogens with zero attached hydrogens (tertiary/aromatic N) is 1. The van der Waals surface area contributed by atoms with E-state index in [1.165, 1.54) is 18.4 Å². The van der Waals surface area contributed by atoms with E-state index in [-0.39, 0.29) is 17.4 Å². The van der Waals surface area contributed by atoms with E-state index in [4.69, 9.17) is 4.42 Å². The number of para-hydroxylation sites is 1. The van der Waals surface area contributed by atoms with Crippen LogP contribution >= 0.6 is 0 Å². The summed E-state index contributed by atoms with van der Waals surface area (Å²) >= 11 is 0. The van der Waals surface area contributed by atoms with Crippen molar-refractivity contribution in [2.45, 2.75) is 25.8 Å². The highest BCUT2D eigenvalue weighted by Crippen LogP contribution is 2.30. The Hall–Kier alpha value is -3.05. The molecule has 0 aliphatic carbocycles. The zero-order valence-corrected chi connectivity index (χ0v) is 17.1. The van der Waals surface area contributed by atoms with E-state index in [1.54, 1.807) is 30.3 Å². The maximum Gasteiger partial charge on any atom is 0.287 e. The number of aromatic hydroxyl groups is 1. The first-order chi connectivity index (χ1) is 14.7. The highest BCUT2D eigenvalue weighted by Gasteiger charge is 2.20. The van der Waals surface area contributed by atoms with Gasteiger partial charge in [-0.3, -0.25) is 9.69 Å². The van der Waals surface area contributed by atoms with E-state index < -0.39 is 0 Å². The number of amides is 1. The second-order valence-electron chi connectivity index (χ2n) is 7.93. The molecule has 0 spiro atoms. The van der Waals surface area contributed by atoms with Crippen LogP contribution in [-0.4, -0.2) is 35.5 Å². The van der Waals surface area contributed by atoms with Crippen LogP contribution in [-0.2, 0) is 6.54 Å². The predicted octanol–water partition coefficient (Wildman–Crippen LogP) is 4.68. The first-order valence-corrected chi connectivity index (χ1v) is 10.6. The molecule has 1 fully saturated rings. The van der Waals surface area contributed by atoms with Crippen molar-refractivity contribution in [2.75, 3.05) is 19.6 Å². The van der Waals surface area contributed by atoms with Crippen LogP contribution in [0.15, 0.2) is 71.1 Å². The smallest absolute Gasteiger partial charge is 0.287 e. The van der Waals surface area contributed by atoms with Gasteiger partial charge in [0.05, 0.1) is 5.56 Å². The van der Waals surface area contributed by atoms with Crippen molar-refractivity contribution in [3.05, 3.63) is 78.1 Å². The molecular weight excluding hydrogens is 376 g/mol. The van der Waals surface area contributed by atoms with Crippen LogP contribution in [0.3, 0.4) is 0 Å². The number of likely N-dealkylation sites (tertiary alicyclic amines) is 1. The first kappa shape index (κ1) is 20.2. The molecule has 156 valence electrons. The van der Waals surface area contributed by atoms with E-state index in [9.17, 15) is 9.90 Å². The maximum absolute atomic E-state index is 12.4. The third-order valence-corrected chi connectivity index (χ3v) is 5.79. The molecule has 0 unspecified atom stereocenters. The number of carbonyl (C=O) groups excluding carboxylic acids is 1. The highest BCUT2D eigenvalue weighted by atomic mass is 16.4. The average Bonchev–Trinajstić information content (AvgIpc) is 3.26. The molecule has 1 aromatic heterocycles. The largest absolute Gasteiger partial charge is 0.507 e. The number of nitrogens with one attached hydrogen (secondary N) is 1. The number of piperidine rings is 1. The van der Waals surface area contributed by atoms with Gasteiger partial charge in [-0.05, 0) is 68.1 Å². The van der Waals surface area contributed by atoms with Crippen LogP contribution < -0.4 is 5.32 Å². The molecule has 0 saturated carbocycles. The summed E-state index contributed by atoms with van der Waals surface area (Å²) < 4.78 is 5.65. The second-order valence-corrected chi connectivity index (χ2v) is 7.93. The first-order valence-electron chi connectivity index (χ1n) is 10.6. The van der Waals surface area contributed by atoms with Crippen LogP contribution in [0, 0.1) is 5.92 Å². The van der Waals surface area contributed by atoms with E-state index in [1.807, 2.05) is 6.07 Å². The van der Waals surface area contributed by atoms with E-state index >= 15 is 0 Å².